The second-order valence-corrected chi connectivity index (χ2v) is 4.70. The summed E-state index contributed by atoms with van der Waals surface area (Å²) in [6, 6.07) is 3.77. The summed E-state index contributed by atoms with van der Waals surface area (Å²) in [5.74, 6) is 0.356. The first-order valence-electron chi connectivity index (χ1n) is 4.98. The lowest BCUT2D eigenvalue weighted by Crippen LogP contribution is -2.41. The van der Waals surface area contributed by atoms with Gasteiger partial charge in [0, 0.05) is 7.11 Å². The highest BCUT2D eigenvalue weighted by atomic mass is 32.1. The number of hydrogen-bond donors (Lipinski definition) is 1. The van der Waals surface area contributed by atoms with E-state index in [4.69, 9.17) is 4.74 Å². The van der Waals surface area contributed by atoms with Crippen molar-refractivity contribution in [2.75, 3.05) is 13.7 Å². The zero-order valence-electron chi connectivity index (χ0n) is 9.32. The molecule has 0 aromatic carbocycles. The van der Waals surface area contributed by atoms with Crippen molar-refractivity contribution in [2.24, 2.45) is 5.92 Å². The second kappa shape index (κ2) is 5.88. The van der Waals surface area contributed by atoms with E-state index in [0.717, 1.165) is 4.88 Å². The Kier molecular flexibility index (Phi) is 4.78. The number of carbonyl (C=O) groups excluding carboxylic acids is 1. The van der Waals surface area contributed by atoms with Crippen LogP contribution >= 0.6 is 11.3 Å². The van der Waals surface area contributed by atoms with E-state index in [1.54, 1.807) is 7.11 Å². The van der Waals surface area contributed by atoms with E-state index in [0.29, 0.717) is 12.5 Å². The topological polar surface area (TPSA) is 38.3 Å². The summed E-state index contributed by atoms with van der Waals surface area (Å²) in [6.07, 6.45) is 0. The first-order valence-corrected chi connectivity index (χ1v) is 5.86. The summed E-state index contributed by atoms with van der Waals surface area (Å²) in [7, 11) is 1.65. The van der Waals surface area contributed by atoms with Gasteiger partial charge in [0.1, 0.15) is 0 Å². The van der Waals surface area contributed by atoms with Crippen LogP contribution in [0, 0.1) is 5.92 Å². The van der Waals surface area contributed by atoms with Gasteiger partial charge in [-0.05, 0) is 17.4 Å². The van der Waals surface area contributed by atoms with Crippen molar-refractivity contribution < 1.29 is 9.53 Å². The van der Waals surface area contributed by atoms with Crippen LogP contribution in [-0.4, -0.2) is 25.7 Å². The average molecular weight is 227 g/mol. The lowest BCUT2D eigenvalue weighted by Gasteiger charge is -2.21. The monoisotopic (exact) mass is 227 g/mol. The fourth-order valence-corrected chi connectivity index (χ4v) is 1.85. The van der Waals surface area contributed by atoms with Crippen molar-refractivity contribution >= 4 is 17.2 Å². The third kappa shape index (κ3) is 3.64. The van der Waals surface area contributed by atoms with E-state index in [1.807, 2.05) is 17.5 Å². The fourth-order valence-electron chi connectivity index (χ4n) is 1.23. The van der Waals surface area contributed by atoms with Gasteiger partial charge in [0.15, 0.2) is 0 Å². The molecule has 0 aliphatic rings. The molecule has 0 saturated heterocycles. The van der Waals surface area contributed by atoms with E-state index in [2.05, 4.69) is 19.2 Å². The van der Waals surface area contributed by atoms with Gasteiger partial charge in [-0.1, -0.05) is 19.9 Å². The molecule has 1 unspecified atom stereocenters. The van der Waals surface area contributed by atoms with Crippen molar-refractivity contribution in [3.8, 4) is 0 Å². The SMILES string of the molecule is COCC(NC(=O)c1cccs1)C(C)C. The maximum absolute atomic E-state index is 11.7. The first kappa shape index (κ1) is 12.2. The summed E-state index contributed by atoms with van der Waals surface area (Å²) in [4.78, 5) is 12.5. The van der Waals surface area contributed by atoms with Gasteiger partial charge in [-0.25, -0.2) is 0 Å². The quantitative estimate of drug-likeness (QED) is 0.837. The second-order valence-electron chi connectivity index (χ2n) is 3.76. The standard InChI is InChI=1S/C11H17NO2S/c1-8(2)9(7-14-3)12-11(13)10-5-4-6-15-10/h4-6,8-9H,7H2,1-3H3,(H,12,13). The van der Waals surface area contributed by atoms with Gasteiger partial charge in [0.05, 0.1) is 17.5 Å². The predicted octanol–water partition coefficient (Wildman–Crippen LogP) is 2.15. The Morgan fingerprint density at radius 2 is 2.33 bits per heavy atom. The minimum Gasteiger partial charge on any atom is -0.383 e. The summed E-state index contributed by atoms with van der Waals surface area (Å²) in [6.45, 7) is 4.69. The van der Waals surface area contributed by atoms with Crippen molar-refractivity contribution in [2.45, 2.75) is 19.9 Å². The average Bonchev–Trinajstić information content (AvgIpc) is 2.69. The Morgan fingerprint density at radius 1 is 1.60 bits per heavy atom. The van der Waals surface area contributed by atoms with Crippen molar-refractivity contribution in [3.05, 3.63) is 22.4 Å². The summed E-state index contributed by atoms with van der Waals surface area (Å²) in [5.41, 5.74) is 0. The number of hydrogen-bond acceptors (Lipinski definition) is 3. The third-order valence-corrected chi connectivity index (χ3v) is 3.08. The van der Waals surface area contributed by atoms with Crippen LogP contribution in [-0.2, 0) is 4.74 Å². The summed E-state index contributed by atoms with van der Waals surface area (Å²) >= 11 is 1.45. The van der Waals surface area contributed by atoms with Gasteiger partial charge in [0.25, 0.3) is 5.91 Å². The molecule has 3 nitrogen and oxygen atoms in total. The van der Waals surface area contributed by atoms with E-state index < -0.39 is 0 Å². The van der Waals surface area contributed by atoms with Gasteiger partial charge >= 0.3 is 0 Å². The lowest BCUT2D eigenvalue weighted by molar-refractivity contribution is 0.0870. The third-order valence-electron chi connectivity index (χ3n) is 2.21. The maximum atomic E-state index is 11.7. The molecule has 4 heteroatoms. The van der Waals surface area contributed by atoms with E-state index in [1.165, 1.54) is 11.3 Å². The molecular formula is C11H17NO2S. The molecule has 0 saturated carbocycles. The van der Waals surface area contributed by atoms with Gasteiger partial charge < -0.3 is 10.1 Å². The van der Waals surface area contributed by atoms with Crippen LogP contribution in [0.15, 0.2) is 17.5 Å². The smallest absolute Gasteiger partial charge is 0.261 e. The molecule has 1 aromatic heterocycles. The van der Waals surface area contributed by atoms with Gasteiger partial charge in [-0.3, -0.25) is 4.79 Å². The molecule has 0 aliphatic heterocycles. The first-order chi connectivity index (χ1) is 7.15. The summed E-state index contributed by atoms with van der Waals surface area (Å²) in [5, 5.41) is 4.86. The van der Waals surface area contributed by atoms with Crippen LogP contribution in [0.2, 0.25) is 0 Å². The maximum Gasteiger partial charge on any atom is 0.261 e. The zero-order valence-corrected chi connectivity index (χ0v) is 10.1. The van der Waals surface area contributed by atoms with Crippen LogP contribution in [0.5, 0.6) is 0 Å². The largest absolute Gasteiger partial charge is 0.383 e. The molecule has 0 radical (unpaired) electrons. The molecule has 0 aliphatic carbocycles. The molecular weight excluding hydrogens is 210 g/mol. The van der Waals surface area contributed by atoms with Gasteiger partial charge in [-0.15, -0.1) is 11.3 Å². The number of ether oxygens (including phenoxy) is 1. The van der Waals surface area contributed by atoms with Crippen molar-refractivity contribution in [1.29, 1.82) is 0 Å². The number of carbonyl (C=O) groups is 1. The van der Waals surface area contributed by atoms with Gasteiger partial charge in [0.2, 0.25) is 0 Å². The van der Waals surface area contributed by atoms with Crippen LogP contribution in [0.4, 0.5) is 0 Å². The highest BCUT2D eigenvalue weighted by molar-refractivity contribution is 7.12. The van der Waals surface area contributed by atoms with Crippen LogP contribution in [0.3, 0.4) is 0 Å². The Balaban J connectivity index is 2.55. The van der Waals surface area contributed by atoms with Gasteiger partial charge in [-0.2, -0.15) is 0 Å². The molecule has 1 N–H and O–H groups in total. The Labute approximate surface area is 94.5 Å². The Morgan fingerprint density at radius 3 is 2.80 bits per heavy atom. The predicted molar refractivity (Wildman–Crippen MR) is 62.3 cm³/mol. The highest BCUT2D eigenvalue weighted by Gasteiger charge is 2.17. The highest BCUT2D eigenvalue weighted by Crippen LogP contribution is 2.10. The molecule has 1 rings (SSSR count). The number of thiophene rings is 1. The number of rotatable bonds is 5. The molecule has 0 bridgehead atoms. The number of nitrogens with one attached hydrogen (secondary N) is 1. The fraction of sp³-hybridized carbons (Fsp3) is 0.545. The summed E-state index contributed by atoms with van der Waals surface area (Å²) < 4.78 is 5.07. The van der Waals surface area contributed by atoms with Crippen molar-refractivity contribution in [3.63, 3.8) is 0 Å². The van der Waals surface area contributed by atoms with Crippen LogP contribution in [0.1, 0.15) is 23.5 Å². The molecule has 15 heavy (non-hydrogen) atoms. The molecule has 1 amide bonds. The minimum absolute atomic E-state index is 0.0132. The molecule has 1 heterocycles. The minimum atomic E-state index is -0.0132. The molecule has 1 aromatic rings. The lowest BCUT2D eigenvalue weighted by atomic mass is 10.1. The number of amides is 1. The zero-order chi connectivity index (χ0) is 11.3. The Bertz CT molecular complexity index is 296. The van der Waals surface area contributed by atoms with E-state index in [9.17, 15) is 4.79 Å². The van der Waals surface area contributed by atoms with Crippen molar-refractivity contribution in [1.82, 2.24) is 5.32 Å². The number of methoxy groups -OCH3 is 1. The van der Waals surface area contributed by atoms with E-state index in [-0.39, 0.29) is 11.9 Å². The molecule has 0 spiro atoms. The Hall–Kier alpha value is -0.870. The van der Waals surface area contributed by atoms with Crippen LogP contribution in [0.25, 0.3) is 0 Å². The molecule has 0 fully saturated rings. The molecule has 84 valence electrons. The van der Waals surface area contributed by atoms with Crippen LogP contribution < -0.4 is 5.32 Å². The molecule has 1 atom stereocenters. The van der Waals surface area contributed by atoms with E-state index >= 15 is 0 Å². The normalized spacial score (nSPS) is 12.8.